The Morgan fingerprint density at radius 2 is 1.53 bits per heavy atom. The predicted octanol–water partition coefficient (Wildman–Crippen LogP) is 5.39. The normalized spacial score (nSPS) is 18.3. The van der Waals surface area contributed by atoms with Crippen LogP contribution in [0.15, 0.2) is 84.3 Å². The molecule has 0 radical (unpaired) electrons. The van der Waals surface area contributed by atoms with Crippen molar-refractivity contribution in [3.8, 4) is 28.4 Å². The van der Waals surface area contributed by atoms with E-state index >= 15 is 0 Å². The third-order valence-corrected chi connectivity index (χ3v) is 7.35. The highest BCUT2D eigenvalue weighted by Gasteiger charge is 2.39. The van der Waals surface area contributed by atoms with Crippen molar-refractivity contribution in [1.82, 2.24) is 14.8 Å². The number of hydrogen-bond donors (Lipinski definition) is 1. The molecule has 0 saturated heterocycles. The number of hydrogen-bond acceptors (Lipinski definition) is 7. The second-order valence-electron chi connectivity index (χ2n) is 9.42. The van der Waals surface area contributed by atoms with Crippen LogP contribution in [0, 0.1) is 0 Å². The molecule has 8 nitrogen and oxygen atoms in total. The smallest absolute Gasteiger partial charge is 0.226 e. The average Bonchev–Trinajstić information content (AvgIpc) is 3.44. The van der Waals surface area contributed by atoms with Gasteiger partial charge in [0.1, 0.15) is 12.4 Å². The molecule has 0 fully saturated rings. The monoisotopic (exact) mass is 508 g/mol. The first kappa shape index (κ1) is 23.8. The number of carbonyl (C=O) groups excluding carboxylic acids is 1. The van der Waals surface area contributed by atoms with Gasteiger partial charge in [0.2, 0.25) is 11.7 Å². The van der Waals surface area contributed by atoms with Crippen LogP contribution in [-0.2, 0) is 4.79 Å². The summed E-state index contributed by atoms with van der Waals surface area (Å²) in [6.45, 7) is 0. The number of aromatic nitrogens is 3. The van der Waals surface area contributed by atoms with Crippen LogP contribution >= 0.6 is 0 Å². The Hall–Kier alpha value is -4.59. The fourth-order valence-corrected chi connectivity index (χ4v) is 5.52. The minimum Gasteiger partial charge on any atom is -0.493 e. The maximum absolute atomic E-state index is 13.8. The lowest BCUT2D eigenvalue weighted by atomic mass is 9.77. The number of methoxy groups -OCH3 is 3. The van der Waals surface area contributed by atoms with Crippen molar-refractivity contribution in [1.29, 1.82) is 0 Å². The Bertz CT molecular complexity index is 1500. The maximum Gasteiger partial charge on any atom is 0.226 e. The Labute approximate surface area is 220 Å². The van der Waals surface area contributed by atoms with E-state index in [1.807, 2.05) is 30.3 Å². The van der Waals surface area contributed by atoms with E-state index < -0.39 is 0 Å². The van der Waals surface area contributed by atoms with Crippen LogP contribution in [0.2, 0.25) is 0 Å². The quantitative estimate of drug-likeness (QED) is 0.374. The van der Waals surface area contributed by atoms with Gasteiger partial charge in [-0.3, -0.25) is 4.79 Å². The highest BCUT2D eigenvalue weighted by atomic mass is 16.5. The Balaban J connectivity index is 1.38. The van der Waals surface area contributed by atoms with Crippen molar-refractivity contribution in [2.45, 2.75) is 24.8 Å². The van der Waals surface area contributed by atoms with Crippen LogP contribution in [0.25, 0.3) is 11.1 Å². The van der Waals surface area contributed by atoms with Gasteiger partial charge >= 0.3 is 0 Å². The minimum atomic E-state index is -0.345. The standard InChI is InChI=1S/C30H28N4O4/c1-36-25-15-22(16-26(37-2)29(25)38-3)21-13-23-27(24(35)14-21)28(34-30(33-23)31-17-32-34)20-11-9-19(10-12-20)18-7-5-4-6-8-18/h4-12,15-17,21,28H,13-14H2,1-3H3,(H,31,32,33)/t21-,28-/m1/s1. The lowest BCUT2D eigenvalue weighted by Gasteiger charge is -2.35. The van der Waals surface area contributed by atoms with Gasteiger partial charge in [0.15, 0.2) is 17.3 Å². The van der Waals surface area contributed by atoms with Gasteiger partial charge in [-0.25, -0.2) is 4.68 Å². The van der Waals surface area contributed by atoms with Crippen molar-refractivity contribution in [3.05, 3.63) is 95.5 Å². The molecule has 0 amide bonds. The molecule has 1 aliphatic carbocycles. The number of carbonyl (C=O) groups is 1. The number of nitrogens with zero attached hydrogens (tertiary/aromatic N) is 3. The molecular weight excluding hydrogens is 480 g/mol. The number of fused-ring (bicyclic) bond motifs is 1. The first-order valence-corrected chi connectivity index (χ1v) is 12.5. The maximum atomic E-state index is 13.8. The van der Waals surface area contributed by atoms with Crippen molar-refractivity contribution in [2.24, 2.45) is 0 Å². The summed E-state index contributed by atoms with van der Waals surface area (Å²) in [5, 5.41) is 7.86. The summed E-state index contributed by atoms with van der Waals surface area (Å²) in [5.74, 6) is 2.32. The molecule has 0 unspecified atom stereocenters. The molecule has 38 heavy (non-hydrogen) atoms. The van der Waals surface area contributed by atoms with Gasteiger partial charge in [-0.15, -0.1) is 0 Å². The summed E-state index contributed by atoms with van der Waals surface area (Å²) in [6.07, 6.45) is 2.53. The Morgan fingerprint density at radius 3 is 2.18 bits per heavy atom. The number of allylic oxidation sites excluding steroid dienone is 2. The SMILES string of the molecule is COc1cc([C@H]2CC(=O)C3=C(C2)Nc2ncnn2[C@@H]3c2ccc(-c3ccccc3)cc2)cc(OC)c1OC. The minimum absolute atomic E-state index is 0.0574. The largest absolute Gasteiger partial charge is 0.493 e. The second kappa shape index (κ2) is 9.70. The van der Waals surface area contributed by atoms with Crippen LogP contribution in [0.3, 0.4) is 0 Å². The van der Waals surface area contributed by atoms with Gasteiger partial charge in [0.05, 0.1) is 21.3 Å². The molecule has 0 spiro atoms. The van der Waals surface area contributed by atoms with Crippen LogP contribution in [0.4, 0.5) is 5.95 Å². The summed E-state index contributed by atoms with van der Waals surface area (Å²) in [7, 11) is 4.77. The molecule has 6 rings (SSSR count). The zero-order chi connectivity index (χ0) is 26.2. The zero-order valence-electron chi connectivity index (χ0n) is 21.5. The lowest BCUT2D eigenvalue weighted by Crippen LogP contribution is -2.33. The van der Waals surface area contributed by atoms with Crippen molar-refractivity contribution in [2.75, 3.05) is 26.6 Å². The number of ketones is 1. The van der Waals surface area contributed by atoms with Gasteiger partial charge in [-0.1, -0.05) is 54.6 Å². The number of rotatable bonds is 6. The van der Waals surface area contributed by atoms with E-state index in [0.29, 0.717) is 36.0 Å². The van der Waals surface area contributed by atoms with E-state index in [0.717, 1.165) is 33.5 Å². The van der Waals surface area contributed by atoms with Crippen LogP contribution in [0.1, 0.15) is 35.9 Å². The summed E-state index contributed by atoms with van der Waals surface area (Å²) in [4.78, 5) is 18.2. The third kappa shape index (κ3) is 3.98. The molecular formula is C30H28N4O4. The third-order valence-electron chi connectivity index (χ3n) is 7.35. The lowest BCUT2D eigenvalue weighted by molar-refractivity contribution is -0.116. The van der Waals surface area contributed by atoms with Gasteiger partial charge in [0, 0.05) is 17.7 Å². The van der Waals surface area contributed by atoms with Gasteiger partial charge in [0.25, 0.3) is 0 Å². The highest BCUT2D eigenvalue weighted by molar-refractivity contribution is 6.00. The van der Waals surface area contributed by atoms with E-state index in [1.165, 1.54) is 6.33 Å². The van der Waals surface area contributed by atoms with Gasteiger partial charge in [-0.2, -0.15) is 10.1 Å². The number of nitrogens with one attached hydrogen (secondary N) is 1. The van der Waals surface area contributed by atoms with Gasteiger partial charge < -0.3 is 19.5 Å². The van der Waals surface area contributed by atoms with Crippen molar-refractivity contribution < 1.29 is 19.0 Å². The average molecular weight is 509 g/mol. The Morgan fingerprint density at radius 1 is 0.842 bits per heavy atom. The predicted molar refractivity (Wildman–Crippen MR) is 144 cm³/mol. The molecule has 3 aromatic carbocycles. The summed E-state index contributed by atoms with van der Waals surface area (Å²) >= 11 is 0. The van der Waals surface area contributed by atoms with Crippen LogP contribution < -0.4 is 19.5 Å². The molecule has 0 bridgehead atoms. The topological polar surface area (TPSA) is 87.5 Å². The zero-order valence-corrected chi connectivity index (χ0v) is 21.5. The van der Waals surface area contributed by atoms with Crippen molar-refractivity contribution in [3.63, 3.8) is 0 Å². The first-order valence-electron chi connectivity index (χ1n) is 12.5. The summed E-state index contributed by atoms with van der Waals surface area (Å²) in [6, 6.07) is 22.1. The van der Waals surface area contributed by atoms with E-state index in [-0.39, 0.29) is 17.7 Å². The molecule has 2 heterocycles. The molecule has 2 aliphatic rings. The fraction of sp³-hybridized carbons (Fsp3) is 0.233. The number of Topliss-reactive ketones (excluding diaryl/α,β-unsaturated/α-hetero) is 1. The molecule has 4 aromatic rings. The number of anilines is 1. The van der Waals surface area contributed by atoms with Crippen LogP contribution in [0.5, 0.6) is 17.2 Å². The second-order valence-corrected chi connectivity index (χ2v) is 9.42. The number of benzene rings is 3. The fourth-order valence-electron chi connectivity index (χ4n) is 5.52. The molecule has 0 saturated carbocycles. The molecule has 1 aromatic heterocycles. The molecule has 1 aliphatic heterocycles. The molecule has 1 N–H and O–H groups in total. The number of ether oxygens (including phenoxy) is 3. The van der Waals surface area contributed by atoms with E-state index in [4.69, 9.17) is 14.2 Å². The van der Waals surface area contributed by atoms with Gasteiger partial charge in [-0.05, 0) is 46.7 Å². The van der Waals surface area contributed by atoms with Crippen molar-refractivity contribution >= 4 is 11.7 Å². The first-order chi connectivity index (χ1) is 18.6. The molecule has 192 valence electrons. The van der Waals surface area contributed by atoms with Crippen LogP contribution in [-0.4, -0.2) is 41.9 Å². The molecule has 8 heteroatoms. The summed E-state index contributed by atoms with van der Waals surface area (Å²) < 4.78 is 18.4. The molecule has 2 atom stereocenters. The summed E-state index contributed by atoms with van der Waals surface area (Å²) in [5.41, 5.74) is 5.82. The Kier molecular flexibility index (Phi) is 6.07. The van der Waals surface area contributed by atoms with E-state index in [9.17, 15) is 4.79 Å². The highest BCUT2D eigenvalue weighted by Crippen LogP contribution is 2.47. The van der Waals surface area contributed by atoms with E-state index in [1.54, 1.807) is 26.0 Å². The van der Waals surface area contributed by atoms with E-state index in [2.05, 4.69) is 51.8 Å².